The molecule has 3 aromatic rings. The van der Waals surface area contributed by atoms with Gasteiger partial charge in [-0.2, -0.15) is 13.2 Å². The van der Waals surface area contributed by atoms with Crippen molar-refractivity contribution in [3.8, 4) is 16.9 Å². The van der Waals surface area contributed by atoms with E-state index >= 15 is 0 Å². The van der Waals surface area contributed by atoms with Gasteiger partial charge in [-0.05, 0) is 23.8 Å². The van der Waals surface area contributed by atoms with Crippen LogP contribution in [0.1, 0.15) is 11.1 Å². The summed E-state index contributed by atoms with van der Waals surface area (Å²) >= 11 is 0. The van der Waals surface area contributed by atoms with Gasteiger partial charge in [0, 0.05) is 49.4 Å². The standard InChI is InChI=1S/C25H27F3N4O4S/c1-35-20-13-17(32-9-11-36-12-10-32)7-8-18(20)22-23(19(25(26,27)28)15-31-24(22)29)30-14-16-5-3-4-6-21(16)37(2,33)34/h3-8,13,15H,9-12,14H2,1-2H3,(H3,29,30,31). The zero-order valence-electron chi connectivity index (χ0n) is 20.3. The average molecular weight is 537 g/mol. The van der Waals surface area contributed by atoms with Crippen LogP contribution in [0.5, 0.6) is 5.75 Å². The minimum Gasteiger partial charge on any atom is -0.496 e. The van der Waals surface area contributed by atoms with Crippen molar-refractivity contribution in [3.05, 3.63) is 59.8 Å². The molecule has 2 heterocycles. The van der Waals surface area contributed by atoms with Gasteiger partial charge in [0.15, 0.2) is 9.84 Å². The van der Waals surface area contributed by atoms with E-state index in [-0.39, 0.29) is 28.5 Å². The summed E-state index contributed by atoms with van der Waals surface area (Å²) in [7, 11) is -2.18. The predicted molar refractivity (Wildman–Crippen MR) is 136 cm³/mol. The summed E-state index contributed by atoms with van der Waals surface area (Å²) in [5.74, 6) is 0.181. The quantitative estimate of drug-likeness (QED) is 0.463. The largest absolute Gasteiger partial charge is 0.496 e. The SMILES string of the molecule is COc1cc(N2CCOCC2)ccc1-c1c(N)ncc(C(F)(F)F)c1NCc1ccccc1S(C)(=O)=O. The lowest BCUT2D eigenvalue weighted by molar-refractivity contribution is -0.137. The van der Waals surface area contributed by atoms with Crippen molar-refractivity contribution in [2.75, 3.05) is 55.6 Å². The molecule has 1 fully saturated rings. The number of aromatic nitrogens is 1. The molecule has 0 spiro atoms. The Hall–Kier alpha value is -3.51. The lowest BCUT2D eigenvalue weighted by Crippen LogP contribution is -2.36. The maximum Gasteiger partial charge on any atom is 0.419 e. The van der Waals surface area contributed by atoms with Gasteiger partial charge in [0.25, 0.3) is 0 Å². The maximum atomic E-state index is 14.1. The number of nitrogen functional groups attached to an aromatic ring is 1. The Kier molecular flexibility index (Phi) is 7.51. The number of halogens is 3. The van der Waals surface area contributed by atoms with Crippen LogP contribution in [0.2, 0.25) is 0 Å². The van der Waals surface area contributed by atoms with Gasteiger partial charge in [0.05, 0.1) is 42.0 Å². The molecule has 1 saturated heterocycles. The van der Waals surface area contributed by atoms with Crippen molar-refractivity contribution in [2.45, 2.75) is 17.6 Å². The third-order valence-corrected chi connectivity index (χ3v) is 7.27. The van der Waals surface area contributed by atoms with E-state index in [1.54, 1.807) is 36.4 Å². The Labute approximate surface area is 213 Å². The molecule has 4 rings (SSSR count). The molecule has 0 unspecified atom stereocenters. The summed E-state index contributed by atoms with van der Waals surface area (Å²) in [6.45, 7) is 2.27. The number of anilines is 3. The fraction of sp³-hybridized carbons (Fsp3) is 0.320. The van der Waals surface area contributed by atoms with E-state index in [0.29, 0.717) is 49.4 Å². The van der Waals surface area contributed by atoms with E-state index in [2.05, 4.69) is 15.2 Å². The fourth-order valence-corrected chi connectivity index (χ4v) is 5.24. The van der Waals surface area contributed by atoms with Crippen molar-refractivity contribution in [1.82, 2.24) is 4.98 Å². The highest BCUT2D eigenvalue weighted by molar-refractivity contribution is 7.90. The summed E-state index contributed by atoms with van der Waals surface area (Å²) in [6, 6.07) is 11.3. The molecule has 1 aliphatic heterocycles. The first-order valence-corrected chi connectivity index (χ1v) is 13.3. The third kappa shape index (κ3) is 5.75. The molecule has 1 aliphatic rings. The summed E-state index contributed by atoms with van der Waals surface area (Å²) < 4.78 is 77.7. The number of sulfone groups is 1. The molecule has 0 aliphatic carbocycles. The zero-order chi connectivity index (χ0) is 26.8. The van der Waals surface area contributed by atoms with Crippen LogP contribution in [0.4, 0.5) is 30.4 Å². The highest BCUT2D eigenvalue weighted by Crippen LogP contribution is 2.46. The van der Waals surface area contributed by atoms with Gasteiger partial charge in [0.2, 0.25) is 0 Å². The Bertz CT molecular complexity index is 1390. The van der Waals surface area contributed by atoms with Gasteiger partial charge >= 0.3 is 6.18 Å². The van der Waals surface area contributed by atoms with E-state index < -0.39 is 21.6 Å². The summed E-state index contributed by atoms with van der Waals surface area (Å²) in [4.78, 5) is 5.93. The van der Waals surface area contributed by atoms with Crippen LogP contribution < -0.4 is 20.7 Å². The smallest absolute Gasteiger partial charge is 0.419 e. The molecule has 37 heavy (non-hydrogen) atoms. The van der Waals surface area contributed by atoms with E-state index in [1.165, 1.54) is 13.2 Å². The molecule has 0 bridgehead atoms. The first-order chi connectivity index (χ1) is 17.5. The maximum absolute atomic E-state index is 14.1. The van der Waals surface area contributed by atoms with E-state index in [9.17, 15) is 21.6 Å². The predicted octanol–water partition coefficient (Wildman–Crippen LogP) is 4.21. The Morgan fingerprint density at radius 2 is 1.86 bits per heavy atom. The Morgan fingerprint density at radius 3 is 2.51 bits per heavy atom. The number of nitrogens with one attached hydrogen (secondary N) is 1. The van der Waals surface area contributed by atoms with Crippen LogP contribution in [0, 0.1) is 0 Å². The average Bonchev–Trinajstić information content (AvgIpc) is 2.86. The highest BCUT2D eigenvalue weighted by Gasteiger charge is 2.36. The summed E-state index contributed by atoms with van der Waals surface area (Å²) in [5, 5.41) is 2.80. The number of rotatable bonds is 7. The van der Waals surface area contributed by atoms with Crippen molar-refractivity contribution in [2.24, 2.45) is 0 Å². The molecule has 0 saturated carbocycles. The Morgan fingerprint density at radius 1 is 1.16 bits per heavy atom. The fourth-order valence-electron chi connectivity index (χ4n) is 4.30. The first-order valence-electron chi connectivity index (χ1n) is 11.4. The second kappa shape index (κ2) is 10.5. The topological polar surface area (TPSA) is 107 Å². The van der Waals surface area contributed by atoms with Gasteiger partial charge in [-0.1, -0.05) is 18.2 Å². The molecule has 198 valence electrons. The van der Waals surface area contributed by atoms with Gasteiger partial charge in [-0.15, -0.1) is 0 Å². The van der Waals surface area contributed by atoms with Crippen LogP contribution in [0.3, 0.4) is 0 Å². The van der Waals surface area contributed by atoms with Crippen LogP contribution >= 0.6 is 0 Å². The van der Waals surface area contributed by atoms with E-state index in [1.807, 2.05) is 0 Å². The molecule has 8 nitrogen and oxygen atoms in total. The molecule has 12 heteroatoms. The zero-order valence-corrected chi connectivity index (χ0v) is 21.1. The monoisotopic (exact) mass is 536 g/mol. The molecule has 0 radical (unpaired) electrons. The van der Waals surface area contributed by atoms with E-state index in [0.717, 1.165) is 11.9 Å². The van der Waals surface area contributed by atoms with Crippen LogP contribution in [-0.2, 0) is 27.3 Å². The molecular formula is C25H27F3N4O4S. The van der Waals surface area contributed by atoms with Crippen molar-refractivity contribution >= 4 is 27.0 Å². The van der Waals surface area contributed by atoms with Crippen molar-refractivity contribution < 1.29 is 31.1 Å². The number of ether oxygens (including phenoxy) is 2. The van der Waals surface area contributed by atoms with Gasteiger partial charge in [-0.25, -0.2) is 13.4 Å². The van der Waals surface area contributed by atoms with Crippen LogP contribution in [0.25, 0.3) is 11.1 Å². The molecule has 0 atom stereocenters. The molecular weight excluding hydrogens is 509 g/mol. The number of pyridine rings is 1. The minimum atomic E-state index is -4.75. The van der Waals surface area contributed by atoms with E-state index in [4.69, 9.17) is 15.2 Å². The second-order valence-corrected chi connectivity index (χ2v) is 10.5. The molecule has 2 aromatic carbocycles. The van der Waals surface area contributed by atoms with Gasteiger partial charge in [-0.3, -0.25) is 0 Å². The lowest BCUT2D eigenvalue weighted by Gasteiger charge is -2.29. The number of hydrogen-bond donors (Lipinski definition) is 2. The first kappa shape index (κ1) is 26.6. The number of benzene rings is 2. The number of alkyl halides is 3. The number of nitrogens with zero attached hydrogens (tertiary/aromatic N) is 2. The van der Waals surface area contributed by atoms with Crippen LogP contribution in [0.15, 0.2) is 53.6 Å². The van der Waals surface area contributed by atoms with Gasteiger partial charge < -0.3 is 25.4 Å². The molecule has 0 amide bonds. The minimum absolute atomic E-state index is 0.0111. The van der Waals surface area contributed by atoms with Crippen molar-refractivity contribution in [3.63, 3.8) is 0 Å². The molecule has 1 aromatic heterocycles. The second-order valence-electron chi connectivity index (χ2n) is 8.52. The summed E-state index contributed by atoms with van der Waals surface area (Å²) in [5.41, 5.74) is 6.26. The number of morpholine rings is 1. The lowest BCUT2D eigenvalue weighted by atomic mass is 9.99. The number of hydrogen-bond acceptors (Lipinski definition) is 8. The normalized spacial score (nSPS) is 14.5. The highest BCUT2D eigenvalue weighted by atomic mass is 32.2. The molecule has 3 N–H and O–H groups in total. The van der Waals surface area contributed by atoms with Gasteiger partial charge in [0.1, 0.15) is 11.6 Å². The number of methoxy groups -OCH3 is 1. The third-order valence-electron chi connectivity index (χ3n) is 6.07. The van der Waals surface area contributed by atoms with Crippen LogP contribution in [-0.4, -0.2) is 53.1 Å². The Balaban J connectivity index is 1.83. The summed E-state index contributed by atoms with van der Waals surface area (Å²) in [6.07, 6.45) is -3.04. The number of nitrogens with two attached hydrogens (primary N) is 1. The van der Waals surface area contributed by atoms with Crippen molar-refractivity contribution in [1.29, 1.82) is 0 Å².